The summed E-state index contributed by atoms with van der Waals surface area (Å²) in [5.74, 6) is -0.295. The van der Waals surface area contributed by atoms with Crippen LogP contribution in [0.4, 0.5) is 0 Å². The quantitative estimate of drug-likeness (QED) is 0.720. The largest absolute Gasteiger partial charge is 0.366 e. The lowest BCUT2D eigenvalue weighted by atomic mass is 10.0. The predicted molar refractivity (Wildman–Crippen MR) is 62.5 cm³/mol. The molecule has 1 atom stereocenters. The molecule has 1 heterocycles. The van der Waals surface area contributed by atoms with E-state index in [9.17, 15) is 4.79 Å². The van der Waals surface area contributed by atoms with E-state index in [2.05, 4.69) is 11.8 Å². The van der Waals surface area contributed by atoms with Crippen LogP contribution in [0.5, 0.6) is 0 Å². The van der Waals surface area contributed by atoms with Crippen molar-refractivity contribution in [2.75, 3.05) is 13.1 Å². The van der Waals surface area contributed by atoms with E-state index in [0.29, 0.717) is 11.6 Å². The molecule has 15 heavy (non-hydrogen) atoms. The van der Waals surface area contributed by atoms with E-state index in [0.717, 1.165) is 18.7 Å². The minimum atomic E-state index is -0.295. The predicted octanol–water partition coefficient (Wildman–Crippen LogP) is 1.68. The van der Waals surface area contributed by atoms with Gasteiger partial charge in [0.1, 0.15) is 0 Å². The van der Waals surface area contributed by atoms with E-state index in [1.807, 2.05) is 13.8 Å². The summed E-state index contributed by atoms with van der Waals surface area (Å²) in [6, 6.07) is 0.345. The number of carbonyl (C=O) groups excluding carboxylic acids is 1. The number of amides is 1. The van der Waals surface area contributed by atoms with Crippen molar-refractivity contribution < 1.29 is 4.79 Å². The highest BCUT2D eigenvalue weighted by Gasteiger charge is 2.19. The molecule has 0 aromatic carbocycles. The van der Waals surface area contributed by atoms with Crippen molar-refractivity contribution >= 4 is 5.91 Å². The van der Waals surface area contributed by atoms with Crippen LogP contribution in [-0.2, 0) is 4.79 Å². The molecule has 2 N–H and O–H groups in total. The van der Waals surface area contributed by atoms with Gasteiger partial charge in [-0.25, -0.2) is 0 Å². The Morgan fingerprint density at radius 3 is 2.20 bits per heavy atom. The van der Waals surface area contributed by atoms with Crippen LogP contribution in [0.15, 0.2) is 11.1 Å². The summed E-state index contributed by atoms with van der Waals surface area (Å²) in [6.07, 6.45) is 3.88. The van der Waals surface area contributed by atoms with Crippen molar-refractivity contribution in [1.29, 1.82) is 0 Å². The molecule has 0 saturated carbocycles. The molecule has 1 rings (SSSR count). The van der Waals surface area contributed by atoms with Gasteiger partial charge < -0.3 is 5.73 Å². The fourth-order valence-corrected chi connectivity index (χ4v) is 2.09. The van der Waals surface area contributed by atoms with E-state index in [1.54, 1.807) is 0 Å². The highest BCUT2D eigenvalue weighted by Crippen LogP contribution is 2.18. The molecule has 0 aromatic rings. The highest BCUT2D eigenvalue weighted by atomic mass is 16.1. The van der Waals surface area contributed by atoms with Crippen molar-refractivity contribution in [3.05, 3.63) is 11.1 Å². The second-order valence-corrected chi connectivity index (χ2v) is 4.44. The molecule has 86 valence electrons. The smallest absolute Gasteiger partial charge is 0.244 e. The molecular weight excluding hydrogens is 188 g/mol. The van der Waals surface area contributed by atoms with Gasteiger partial charge in [0.2, 0.25) is 5.91 Å². The summed E-state index contributed by atoms with van der Waals surface area (Å²) in [5.41, 5.74) is 7.12. The fourth-order valence-electron chi connectivity index (χ4n) is 2.09. The molecule has 0 aromatic heterocycles. The van der Waals surface area contributed by atoms with Crippen molar-refractivity contribution in [2.45, 2.75) is 46.1 Å². The van der Waals surface area contributed by atoms with Gasteiger partial charge in [-0.05, 0) is 52.3 Å². The number of hydrogen-bond acceptors (Lipinski definition) is 2. The third-order valence-corrected chi connectivity index (χ3v) is 3.53. The molecule has 0 spiro atoms. The van der Waals surface area contributed by atoms with Gasteiger partial charge >= 0.3 is 0 Å². The van der Waals surface area contributed by atoms with Crippen molar-refractivity contribution in [3.8, 4) is 0 Å². The van der Waals surface area contributed by atoms with Gasteiger partial charge in [-0.2, -0.15) is 0 Å². The van der Waals surface area contributed by atoms with Crippen LogP contribution in [0.1, 0.15) is 40.0 Å². The molecule has 1 fully saturated rings. The molecule has 0 aliphatic carbocycles. The number of hydrogen-bond donors (Lipinski definition) is 1. The Morgan fingerprint density at radius 2 is 1.73 bits per heavy atom. The average molecular weight is 210 g/mol. The van der Waals surface area contributed by atoms with Crippen LogP contribution in [0.3, 0.4) is 0 Å². The van der Waals surface area contributed by atoms with E-state index in [4.69, 9.17) is 5.73 Å². The first-order valence-corrected chi connectivity index (χ1v) is 5.75. The Balaban J connectivity index is 2.69. The summed E-state index contributed by atoms with van der Waals surface area (Å²) in [5, 5.41) is 0. The van der Waals surface area contributed by atoms with E-state index in [-0.39, 0.29) is 5.91 Å². The topological polar surface area (TPSA) is 46.3 Å². The lowest BCUT2D eigenvalue weighted by Crippen LogP contribution is -2.38. The molecule has 1 aliphatic rings. The van der Waals surface area contributed by atoms with Gasteiger partial charge in [0.15, 0.2) is 0 Å². The van der Waals surface area contributed by atoms with Gasteiger partial charge in [0.25, 0.3) is 0 Å². The number of primary amides is 1. The van der Waals surface area contributed by atoms with Gasteiger partial charge in [-0.15, -0.1) is 0 Å². The molecule has 3 heteroatoms. The third kappa shape index (κ3) is 3.06. The van der Waals surface area contributed by atoms with Crippen molar-refractivity contribution in [3.63, 3.8) is 0 Å². The van der Waals surface area contributed by atoms with E-state index in [1.165, 1.54) is 19.3 Å². The number of nitrogens with zero attached hydrogens (tertiary/aromatic N) is 1. The van der Waals surface area contributed by atoms with Crippen LogP contribution in [0.25, 0.3) is 0 Å². The maximum atomic E-state index is 11.1. The summed E-state index contributed by atoms with van der Waals surface area (Å²) in [4.78, 5) is 13.5. The molecule has 0 radical (unpaired) electrons. The molecule has 1 aliphatic heterocycles. The number of likely N-dealkylation sites (tertiary alicyclic amines) is 1. The summed E-state index contributed by atoms with van der Waals surface area (Å²) >= 11 is 0. The monoisotopic (exact) mass is 210 g/mol. The Labute approximate surface area is 92.3 Å². The second-order valence-electron chi connectivity index (χ2n) is 4.44. The zero-order valence-corrected chi connectivity index (χ0v) is 10.0. The maximum Gasteiger partial charge on any atom is 0.244 e. The van der Waals surface area contributed by atoms with Crippen LogP contribution in [-0.4, -0.2) is 29.9 Å². The molecule has 1 amide bonds. The van der Waals surface area contributed by atoms with E-state index >= 15 is 0 Å². The first kappa shape index (κ1) is 12.2. The third-order valence-electron chi connectivity index (χ3n) is 3.53. The average Bonchev–Trinajstić information content (AvgIpc) is 2.27. The number of piperidine rings is 1. The zero-order chi connectivity index (χ0) is 11.4. The van der Waals surface area contributed by atoms with E-state index < -0.39 is 0 Å². The molecule has 1 unspecified atom stereocenters. The number of nitrogens with two attached hydrogens (primary N) is 1. The van der Waals surface area contributed by atoms with Crippen LogP contribution in [0.2, 0.25) is 0 Å². The Morgan fingerprint density at radius 1 is 1.20 bits per heavy atom. The number of rotatable bonds is 3. The van der Waals surface area contributed by atoms with Crippen LogP contribution in [0, 0.1) is 0 Å². The normalized spacial score (nSPS) is 22.1. The Hall–Kier alpha value is -0.830. The molecule has 1 saturated heterocycles. The lowest BCUT2D eigenvalue weighted by Gasteiger charge is -2.33. The van der Waals surface area contributed by atoms with Crippen LogP contribution >= 0.6 is 0 Å². The summed E-state index contributed by atoms with van der Waals surface area (Å²) < 4.78 is 0. The van der Waals surface area contributed by atoms with Gasteiger partial charge in [0, 0.05) is 11.6 Å². The fraction of sp³-hybridized carbons (Fsp3) is 0.750. The first-order valence-electron chi connectivity index (χ1n) is 5.75. The lowest BCUT2D eigenvalue weighted by molar-refractivity contribution is -0.114. The van der Waals surface area contributed by atoms with Gasteiger partial charge in [0.05, 0.1) is 0 Å². The number of carbonyl (C=O) groups is 1. The maximum absolute atomic E-state index is 11.1. The molecule has 0 bridgehead atoms. The summed E-state index contributed by atoms with van der Waals surface area (Å²) in [6.45, 7) is 8.28. The second kappa shape index (κ2) is 5.31. The molecular formula is C12H22N2O. The Bertz CT molecular complexity index is 265. The Kier molecular flexibility index (Phi) is 4.33. The highest BCUT2D eigenvalue weighted by molar-refractivity contribution is 5.92. The minimum absolute atomic E-state index is 0.295. The zero-order valence-electron chi connectivity index (χ0n) is 10.0. The SMILES string of the molecule is CC(C(N)=O)=C(C)C(C)N1CCCCC1. The van der Waals surface area contributed by atoms with Crippen molar-refractivity contribution in [2.24, 2.45) is 5.73 Å². The first-order chi connectivity index (χ1) is 7.04. The van der Waals surface area contributed by atoms with Crippen molar-refractivity contribution in [1.82, 2.24) is 4.90 Å². The summed E-state index contributed by atoms with van der Waals surface area (Å²) in [7, 11) is 0. The van der Waals surface area contributed by atoms with Gasteiger partial charge in [-0.1, -0.05) is 6.42 Å². The van der Waals surface area contributed by atoms with Crippen LogP contribution < -0.4 is 5.73 Å². The molecule has 3 nitrogen and oxygen atoms in total. The minimum Gasteiger partial charge on any atom is -0.366 e. The van der Waals surface area contributed by atoms with Gasteiger partial charge in [-0.3, -0.25) is 9.69 Å². The standard InChI is InChI=1S/C12H22N2O/c1-9(10(2)12(13)15)11(3)14-7-5-4-6-8-14/h11H,4-8H2,1-3H3,(H2,13,15).